The van der Waals surface area contributed by atoms with E-state index in [1.807, 2.05) is 36.7 Å². The van der Waals surface area contributed by atoms with E-state index in [-0.39, 0.29) is 7.25 Å². The standard InChI is InChI=1S/2C15H12N.C7H9Si.2ClH.Zr/c2*1-11-8-9-14(13-6-4-5-12(11)13)15-7-2-3-10-16-15;1-8-7-5-3-2-4-6-7;;;/h2*2-10H,1H3;2-6,8H,1H3;2*1H;/q;;;;;+2/p-2. The average Bonchev–Trinajstić information content (AvgIpc) is 3.71. The number of fused-ring (bicyclic) bond motifs is 2. The van der Waals surface area contributed by atoms with Crippen LogP contribution in [0.5, 0.6) is 0 Å². The molecule has 0 saturated carbocycles. The number of rotatable bonds is 6. The molecule has 0 bridgehead atoms. The van der Waals surface area contributed by atoms with Crippen LogP contribution in [0.3, 0.4) is 0 Å². The van der Waals surface area contributed by atoms with E-state index in [9.17, 15) is 0 Å². The van der Waals surface area contributed by atoms with Crippen LogP contribution < -0.4 is 5.19 Å². The summed E-state index contributed by atoms with van der Waals surface area (Å²) in [6.07, 6.45) is 13.0. The van der Waals surface area contributed by atoms with Gasteiger partial charge in [-0.05, 0) is 0 Å². The number of aromatic nitrogens is 2. The van der Waals surface area contributed by atoms with Gasteiger partial charge in [-0.25, -0.2) is 0 Å². The zero-order valence-electron chi connectivity index (χ0n) is 24.5. The van der Waals surface area contributed by atoms with Gasteiger partial charge in [0.25, 0.3) is 0 Å². The monoisotopic (exact) mass is 693 g/mol. The SMILES string of the molecule is Cc1ccc(-c2ccccn2)c2c1[CH]([Zr]([Cl])([Cl])([CH]1C=Cc3c(-c4ccccn4)ccc(C)c31)[SiH](C)c1ccccc1)C=C2. The van der Waals surface area contributed by atoms with E-state index in [4.69, 9.17) is 27.0 Å². The van der Waals surface area contributed by atoms with Gasteiger partial charge in [0.05, 0.1) is 0 Å². The molecule has 5 aromatic rings. The number of hydrogen-bond donors (Lipinski definition) is 0. The Hall–Kier alpha value is -2.88. The van der Waals surface area contributed by atoms with Crippen LogP contribution in [0.2, 0.25) is 6.55 Å². The van der Waals surface area contributed by atoms with Crippen molar-refractivity contribution >= 4 is 40.3 Å². The molecule has 0 fully saturated rings. The molecule has 6 heteroatoms. The maximum absolute atomic E-state index is 8.59. The summed E-state index contributed by atoms with van der Waals surface area (Å²) in [5, 5.41) is 1.33. The zero-order chi connectivity index (χ0) is 29.8. The summed E-state index contributed by atoms with van der Waals surface area (Å²) in [4.78, 5) is 9.42. The second kappa shape index (κ2) is 10.9. The summed E-state index contributed by atoms with van der Waals surface area (Å²) in [5.74, 6) is -1.94. The molecule has 0 spiro atoms. The summed E-state index contributed by atoms with van der Waals surface area (Å²) >= 11 is -4.98. The molecule has 0 saturated heterocycles. The molecule has 0 N–H and O–H groups in total. The van der Waals surface area contributed by atoms with E-state index in [1.54, 1.807) is 0 Å². The van der Waals surface area contributed by atoms with Crippen LogP contribution in [0, 0.1) is 13.8 Å². The van der Waals surface area contributed by atoms with Crippen molar-refractivity contribution in [3.8, 4) is 22.5 Å². The molecular weight excluding hydrogens is 663 g/mol. The van der Waals surface area contributed by atoms with Gasteiger partial charge in [-0.1, -0.05) is 0 Å². The van der Waals surface area contributed by atoms with Gasteiger partial charge in [-0.2, -0.15) is 0 Å². The minimum atomic E-state index is -4.98. The molecule has 213 valence electrons. The molecule has 2 nitrogen and oxygen atoms in total. The van der Waals surface area contributed by atoms with Gasteiger partial charge >= 0.3 is 265 Å². The first-order valence-electron chi connectivity index (χ1n) is 14.9. The van der Waals surface area contributed by atoms with Gasteiger partial charge in [0, 0.05) is 0 Å². The molecule has 3 atom stereocenters. The quantitative estimate of drug-likeness (QED) is 0.166. The fourth-order valence-electron chi connectivity index (χ4n) is 7.46. The molecule has 0 amide bonds. The van der Waals surface area contributed by atoms with Crippen molar-refractivity contribution in [3.05, 3.63) is 149 Å². The fraction of sp³-hybridized carbons (Fsp3) is 0.135. The summed E-state index contributed by atoms with van der Waals surface area (Å²) in [6.45, 7) is 6.83. The summed E-state index contributed by atoms with van der Waals surface area (Å²) < 4.78 is -0.0485. The molecule has 3 unspecified atom stereocenters. The molecule has 7 rings (SSSR count). The van der Waals surface area contributed by atoms with Crippen LogP contribution in [-0.2, 0) is 15.6 Å². The van der Waals surface area contributed by atoms with Crippen molar-refractivity contribution in [3.63, 3.8) is 0 Å². The summed E-state index contributed by atoms with van der Waals surface area (Å²) in [5.41, 5.74) is 11.7. The van der Waals surface area contributed by atoms with Crippen LogP contribution in [0.25, 0.3) is 34.7 Å². The fourth-order valence-corrected chi connectivity index (χ4v) is 43.9. The van der Waals surface area contributed by atoms with Crippen LogP contribution >= 0.6 is 17.0 Å². The number of allylic oxidation sites excluding steroid dienone is 2. The van der Waals surface area contributed by atoms with E-state index in [2.05, 4.69) is 111 Å². The van der Waals surface area contributed by atoms with Gasteiger partial charge in [0.15, 0.2) is 0 Å². The molecule has 0 aliphatic heterocycles. The number of halogens is 2. The van der Waals surface area contributed by atoms with Crippen molar-refractivity contribution in [2.75, 3.05) is 0 Å². The molecule has 0 radical (unpaired) electrons. The van der Waals surface area contributed by atoms with Crippen molar-refractivity contribution < 1.29 is 15.6 Å². The first kappa shape index (κ1) is 28.9. The van der Waals surface area contributed by atoms with Gasteiger partial charge in [0.2, 0.25) is 0 Å². The van der Waals surface area contributed by atoms with E-state index < -0.39 is 21.5 Å². The van der Waals surface area contributed by atoms with Crippen LogP contribution in [0.1, 0.15) is 40.6 Å². The van der Waals surface area contributed by atoms with Crippen LogP contribution in [0.15, 0.2) is 116 Å². The number of nitrogens with zero attached hydrogens (tertiary/aromatic N) is 2. The second-order valence-electron chi connectivity index (χ2n) is 12.0. The normalized spacial score (nSPS) is 18.6. The Kier molecular flexibility index (Phi) is 7.34. The maximum atomic E-state index is 8.59. The van der Waals surface area contributed by atoms with Crippen molar-refractivity contribution in [2.24, 2.45) is 0 Å². The molecule has 43 heavy (non-hydrogen) atoms. The third-order valence-electron chi connectivity index (χ3n) is 9.74. The van der Waals surface area contributed by atoms with E-state index >= 15 is 0 Å². The predicted molar refractivity (Wildman–Crippen MR) is 183 cm³/mol. The molecule has 2 aliphatic rings. The number of aryl methyl sites for hydroxylation is 2. The zero-order valence-corrected chi connectivity index (χ0v) is 29.6. The third-order valence-corrected chi connectivity index (χ3v) is 57.1. The Balaban J connectivity index is 1.48. The molecule has 3 aromatic carbocycles. The summed E-state index contributed by atoms with van der Waals surface area (Å²) in [7, 11) is 17.2. The van der Waals surface area contributed by atoms with Crippen molar-refractivity contribution in [1.82, 2.24) is 9.97 Å². The topological polar surface area (TPSA) is 25.8 Å². The van der Waals surface area contributed by atoms with Crippen LogP contribution in [0.4, 0.5) is 0 Å². The van der Waals surface area contributed by atoms with Gasteiger partial charge in [-0.15, -0.1) is 0 Å². The van der Waals surface area contributed by atoms with Crippen LogP contribution in [-0.4, -0.2) is 15.9 Å². The van der Waals surface area contributed by atoms with Gasteiger partial charge < -0.3 is 0 Å². The third kappa shape index (κ3) is 4.53. The molecular formula is C37H33Cl2N2SiZr. The Bertz CT molecular complexity index is 1790. The molecule has 2 aromatic heterocycles. The van der Waals surface area contributed by atoms with E-state index in [0.717, 1.165) is 22.5 Å². The van der Waals surface area contributed by atoms with E-state index in [1.165, 1.54) is 38.6 Å². The van der Waals surface area contributed by atoms with Crippen molar-refractivity contribution in [1.29, 1.82) is 0 Å². The predicted octanol–water partition coefficient (Wildman–Crippen LogP) is 9.52. The average molecular weight is 696 g/mol. The number of hydrogen-bond acceptors (Lipinski definition) is 2. The number of pyridine rings is 2. The summed E-state index contributed by atoms with van der Waals surface area (Å²) in [6, 6.07) is 31.9. The van der Waals surface area contributed by atoms with Crippen molar-refractivity contribution in [2.45, 2.75) is 27.6 Å². The molecule has 2 heterocycles. The Labute approximate surface area is 263 Å². The number of benzene rings is 3. The Morgan fingerprint density at radius 3 is 1.51 bits per heavy atom. The van der Waals surface area contributed by atoms with E-state index in [0.29, 0.717) is 0 Å². The first-order valence-corrected chi connectivity index (χ1v) is 30.6. The first-order chi connectivity index (χ1) is 20.8. The molecule has 2 aliphatic carbocycles. The van der Waals surface area contributed by atoms with Gasteiger partial charge in [0.1, 0.15) is 0 Å². The minimum absolute atomic E-state index is 0.0242. The van der Waals surface area contributed by atoms with Gasteiger partial charge in [-0.3, -0.25) is 0 Å². The Morgan fingerprint density at radius 2 is 1.07 bits per heavy atom. The second-order valence-corrected chi connectivity index (χ2v) is 52.4. The Morgan fingerprint density at radius 1 is 0.605 bits per heavy atom.